The molecule has 0 radical (unpaired) electrons. The Morgan fingerprint density at radius 1 is 1.11 bits per heavy atom. The Balaban J connectivity index is 1.56. The number of piperidine rings is 1. The third-order valence-electron chi connectivity index (χ3n) is 6.39. The topological polar surface area (TPSA) is 76.2 Å². The van der Waals surface area contributed by atoms with Gasteiger partial charge in [0.15, 0.2) is 0 Å². The van der Waals surface area contributed by atoms with Crippen LogP contribution in [0, 0.1) is 0 Å². The van der Waals surface area contributed by atoms with Gasteiger partial charge in [0.1, 0.15) is 5.60 Å². The largest absolute Gasteiger partial charge is 0.460 e. The van der Waals surface area contributed by atoms with Crippen LogP contribution >= 0.6 is 15.9 Å². The lowest BCUT2D eigenvalue weighted by molar-refractivity contribution is -0.156. The van der Waals surface area contributed by atoms with E-state index in [2.05, 4.69) is 20.8 Å². The number of alkyl halides is 3. The monoisotopic (exact) mass is 618 g/mol. The van der Waals surface area contributed by atoms with Gasteiger partial charge in [-0.2, -0.15) is 13.2 Å². The van der Waals surface area contributed by atoms with Crippen LogP contribution in [0.2, 0.25) is 0 Å². The second-order valence-corrected chi connectivity index (χ2v) is 13.2. The minimum atomic E-state index is -4.67. The molecule has 0 bridgehead atoms. The zero-order chi connectivity index (χ0) is 27.9. The molecule has 1 fully saturated rings. The number of anilines is 2. The maximum Gasteiger partial charge on any atom is 0.416 e. The number of carbonyl (C=O) groups excluding carboxylic acids is 1. The summed E-state index contributed by atoms with van der Waals surface area (Å²) >= 11 is 3.39. The van der Waals surface area contributed by atoms with E-state index in [-0.39, 0.29) is 37.7 Å². The first-order valence-corrected chi connectivity index (χ1v) is 14.5. The van der Waals surface area contributed by atoms with Crippen LogP contribution in [0.1, 0.15) is 45.6 Å². The predicted octanol–water partition coefficient (Wildman–Crippen LogP) is 5.76. The molecule has 0 aliphatic carbocycles. The third-order valence-corrected chi connectivity index (χ3v) is 8.66. The van der Waals surface area contributed by atoms with Gasteiger partial charge in [0, 0.05) is 11.0 Å². The molecule has 38 heavy (non-hydrogen) atoms. The van der Waals surface area contributed by atoms with Crippen molar-refractivity contribution in [3.63, 3.8) is 0 Å². The number of rotatable bonds is 6. The fraction of sp³-hybridized carbons (Fsp3) is 0.500. The molecular weight excluding hydrogens is 589 g/mol. The van der Waals surface area contributed by atoms with Gasteiger partial charge in [-0.05, 0) is 70.0 Å². The summed E-state index contributed by atoms with van der Waals surface area (Å²) in [5.74, 6) is -0.356. The van der Waals surface area contributed by atoms with E-state index in [1.54, 1.807) is 32.9 Å². The Kier molecular flexibility index (Phi) is 8.07. The molecule has 2 aliphatic heterocycles. The van der Waals surface area contributed by atoms with Gasteiger partial charge in [0.2, 0.25) is 0 Å². The van der Waals surface area contributed by atoms with Crippen LogP contribution in [0.4, 0.5) is 24.5 Å². The van der Waals surface area contributed by atoms with Crippen LogP contribution in [0.25, 0.3) is 0 Å². The first-order chi connectivity index (χ1) is 17.6. The lowest BCUT2D eigenvalue weighted by Gasteiger charge is -2.48. The molecule has 2 aromatic rings. The first kappa shape index (κ1) is 28.7. The SMILES string of the molecule is CC(C)(C)OC(=O)CCOC1CCN2c3ccc(Br)cc3N(S(=O)(=O)c3cccc(C(F)(F)F)c3)C[C@@H]2C1. The van der Waals surface area contributed by atoms with Gasteiger partial charge in [0.25, 0.3) is 10.0 Å². The highest BCUT2D eigenvalue weighted by molar-refractivity contribution is 9.10. The summed E-state index contributed by atoms with van der Waals surface area (Å²) in [5.41, 5.74) is -0.520. The molecule has 0 aromatic heterocycles. The third kappa shape index (κ3) is 6.45. The highest BCUT2D eigenvalue weighted by atomic mass is 79.9. The fourth-order valence-electron chi connectivity index (χ4n) is 4.77. The minimum Gasteiger partial charge on any atom is -0.460 e. The summed E-state index contributed by atoms with van der Waals surface area (Å²) in [6, 6.07) is 8.82. The molecule has 0 amide bonds. The quantitative estimate of drug-likeness (QED) is 0.383. The molecule has 0 saturated carbocycles. The summed E-state index contributed by atoms with van der Waals surface area (Å²) < 4.78 is 80.5. The number of nitrogens with zero attached hydrogens (tertiary/aromatic N) is 2. The van der Waals surface area contributed by atoms with Gasteiger partial charge in [-0.15, -0.1) is 0 Å². The molecule has 2 heterocycles. The highest BCUT2D eigenvalue weighted by Gasteiger charge is 2.41. The molecule has 4 rings (SSSR count). The van der Waals surface area contributed by atoms with Gasteiger partial charge in [-0.1, -0.05) is 22.0 Å². The van der Waals surface area contributed by atoms with Crippen LogP contribution in [0.15, 0.2) is 51.8 Å². The summed E-state index contributed by atoms with van der Waals surface area (Å²) in [4.78, 5) is 13.7. The maximum atomic E-state index is 13.7. The molecule has 0 N–H and O–H groups in total. The van der Waals surface area contributed by atoms with Crippen molar-refractivity contribution >= 4 is 43.3 Å². The average Bonchev–Trinajstić information content (AvgIpc) is 2.81. The van der Waals surface area contributed by atoms with Crippen LogP contribution in [-0.4, -0.2) is 51.8 Å². The number of hydrogen-bond donors (Lipinski definition) is 0. The molecule has 0 spiro atoms. The molecule has 2 atom stereocenters. The van der Waals surface area contributed by atoms with Crippen molar-refractivity contribution in [3.05, 3.63) is 52.5 Å². The average molecular weight is 620 g/mol. The molecule has 1 saturated heterocycles. The number of carbonyl (C=O) groups is 1. The van der Waals surface area contributed by atoms with Gasteiger partial charge >= 0.3 is 12.1 Å². The van der Waals surface area contributed by atoms with Crippen molar-refractivity contribution in [2.75, 3.05) is 28.9 Å². The zero-order valence-electron chi connectivity index (χ0n) is 21.3. The van der Waals surface area contributed by atoms with Crippen molar-refractivity contribution in [3.8, 4) is 0 Å². The van der Waals surface area contributed by atoms with Crippen molar-refractivity contribution < 1.29 is 35.9 Å². The molecule has 2 aliphatic rings. The lowest BCUT2D eigenvalue weighted by Crippen LogP contribution is -2.55. The number of esters is 1. The molecule has 7 nitrogen and oxygen atoms in total. The normalized spacial score (nSPS) is 20.1. The van der Waals surface area contributed by atoms with Crippen molar-refractivity contribution in [1.82, 2.24) is 0 Å². The van der Waals surface area contributed by atoms with Crippen molar-refractivity contribution in [2.24, 2.45) is 0 Å². The molecular formula is C26H30BrF3N2O5S. The summed E-state index contributed by atoms with van der Waals surface area (Å²) in [6.07, 6.45) is -3.58. The molecule has 1 unspecified atom stereocenters. The molecule has 208 valence electrons. The fourth-order valence-corrected chi connectivity index (χ4v) is 6.68. The minimum absolute atomic E-state index is 0.0496. The predicted molar refractivity (Wildman–Crippen MR) is 141 cm³/mol. The Morgan fingerprint density at radius 3 is 2.53 bits per heavy atom. The van der Waals surface area contributed by atoms with Gasteiger partial charge in [-0.25, -0.2) is 8.42 Å². The maximum absolute atomic E-state index is 13.7. The highest BCUT2D eigenvalue weighted by Crippen LogP contribution is 2.43. The van der Waals surface area contributed by atoms with Crippen molar-refractivity contribution in [1.29, 1.82) is 0 Å². The zero-order valence-corrected chi connectivity index (χ0v) is 23.7. The Hall–Kier alpha value is -2.31. The number of fused-ring (bicyclic) bond motifs is 3. The molecule has 2 aromatic carbocycles. The summed E-state index contributed by atoms with van der Waals surface area (Å²) in [5, 5.41) is 0. The van der Waals surface area contributed by atoms with Gasteiger partial charge in [-0.3, -0.25) is 9.10 Å². The lowest BCUT2D eigenvalue weighted by atomic mass is 9.96. The second-order valence-electron chi connectivity index (χ2n) is 10.4. The van der Waals surface area contributed by atoms with E-state index < -0.39 is 32.3 Å². The number of sulfonamides is 1. The van der Waals surface area contributed by atoms with E-state index in [4.69, 9.17) is 9.47 Å². The smallest absolute Gasteiger partial charge is 0.416 e. The number of halogens is 4. The number of benzene rings is 2. The van der Waals surface area contributed by atoms with E-state index in [1.165, 1.54) is 10.4 Å². The Morgan fingerprint density at radius 2 is 1.84 bits per heavy atom. The van der Waals surface area contributed by atoms with E-state index >= 15 is 0 Å². The van der Waals surface area contributed by atoms with E-state index in [0.29, 0.717) is 41.3 Å². The Labute approximate surface area is 229 Å². The standard InChI is InChI=1S/C26H30BrF3N2O5S/c1-25(2,3)37-24(33)10-12-36-20-9-11-31-19(15-20)16-32(23-14-18(27)7-8-22(23)31)38(34,35)21-6-4-5-17(13-21)26(28,29)30/h4-8,13-14,19-20H,9-12,15-16H2,1-3H3/t19-,20?/m0/s1. The van der Waals surface area contributed by atoms with Crippen LogP contribution in [-0.2, 0) is 30.5 Å². The number of ether oxygens (including phenoxy) is 2. The second kappa shape index (κ2) is 10.7. The van der Waals surface area contributed by atoms with Crippen molar-refractivity contribution in [2.45, 2.75) is 68.9 Å². The Bertz CT molecular complexity index is 1300. The first-order valence-electron chi connectivity index (χ1n) is 12.2. The van der Waals surface area contributed by atoms with Crippen LogP contribution in [0.5, 0.6) is 0 Å². The van der Waals surface area contributed by atoms with E-state index in [9.17, 15) is 26.4 Å². The van der Waals surface area contributed by atoms with Crippen LogP contribution < -0.4 is 9.21 Å². The summed E-state index contributed by atoms with van der Waals surface area (Å²) in [7, 11) is -4.30. The van der Waals surface area contributed by atoms with E-state index in [1.807, 2.05) is 6.07 Å². The summed E-state index contributed by atoms with van der Waals surface area (Å²) in [6.45, 7) is 6.21. The number of hydrogen-bond acceptors (Lipinski definition) is 6. The van der Waals surface area contributed by atoms with E-state index in [0.717, 1.165) is 12.1 Å². The van der Waals surface area contributed by atoms with Gasteiger partial charge in [0.05, 0.1) is 53.6 Å². The van der Waals surface area contributed by atoms with Gasteiger partial charge < -0.3 is 14.4 Å². The van der Waals surface area contributed by atoms with Crippen LogP contribution in [0.3, 0.4) is 0 Å². The molecule has 12 heteroatoms.